The quantitative estimate of drug-likeness (QED) is 0.0226. The van der Waals surface area contributed by atoms with Crippen molar-refractivity contribution < 1.29 is 48.4 Å². The molecular formula is C36H60N10O10S. The number of amides is 10. The van der Waals surface area contributed by atoms with E-state index in [0.29, 0.717) is 50.3 Å². The predicted octanol–water partition coefficient (Wildman–Crippen LogP) is -1.75. The molecule has 57 heavy (non-hydrogen) atoms. The minimum atomic E-state index is -1.01. The molecule has 21 heteroatoms. The molecular weight excluding hydrogens is 765 g/mol. The van der Waals surface area contributed by atoms with Crippen LogP contribution in [0.15, 0.2) is 0 Å². The zero-order valence-electron chi connectivity index (χ0n) is 33.0. The fourth-order valence-electron chi connectivity index (χ4n) is 7.19. The smallest absolute Gasteiger partial charge is 0.315 e. The fraction of sp³-hybridized carbons (Fsp3) is 0.750. The molecule has 320 valence electrons. The molecule has 3 aliphatic rings. The number of fused-ring (bicyclic) bond motifs is 1. The first-order valence-electron chi connectivity index (χ1n) is 19.7. The highest BCUT2D eigenvalue weighted by atomic mass is 32.2. The number of primary amides is 1. The maximum Gasteiger partial charge on any atom is 0.315 e. The van der Waals surface area contributed by atoms with Crippen LogP contribution in [0.1, 0.15) is 91.4 Å². The van der Waals surface area contributed by atoms with E-state index >= 15 is 0 Å². The zero-order chi connectivity index (χ0) is 42.1. The highest BCUT2D eigenvalue weighted by Gasteiger charge is 2.42. The molecule has 3 heterocycles. The lowest BCUT2D eigenvalue weighted by Crippen LogP contribution is -2.54. The van der Waals surface area contributed by atoms with Crippen LogP contribution in [0.3, 0.4) is 0 Å². The van der Waals surface area contributed by atoms with Crippen LogP contribution < -0.4 is 48.4 Å². The highest BCUT2D eigenvalue weighted by molar-refractivity contribution is 8.00. The normalized spacial score (nSPS) is 21.3. The van der Waals surface area contributed by atoms with Crippen molar-refractivity contribution in [3.63, 3.8) is 0 Å². The summed E-state index contributed by atoms with van der Waals surface area (Å²) in [7, 11) is 0. The van der Waals surface area contributed by atoms with Gasteiger partial charge >= 0.3 is 6.03 Å². The minimum Gasteiger partial charge on any atom is -0.368 e. The van der Waals surface area contributed by atoms with Gasteiger partial charge in [-0.2, -0.15) is 11.8 Å². The molecule has 0 aromatic rings. The van der Waals surface area contributed by atoms with Gasteiger partial charge in [-0.3, -0.25) is 43.6 Å². The standard InChI is InChI=1S/C36H60N10O10S/c1-20(2)15-22(16-28(48)45-56)33(52)41-21(3)35(54)46-14-8-10-25(46)34(53)40-17-29(49)39-18-30(50)42-23(32(37)51)9-6-7-13-38-27(47)12-5-4-11-26-31-24(19-57-26)43-36(55)44-31/h20-26,31,56H,4-19H2,1-3H3,(H2,37,51)(H,38,47)(H,39,49)(H,40,53)(H,41,52)(H,42,50)(H,45,48)(H2,43,44,55)/t21-,22?,23-,24-,25-,26-,31-/m0/s1. The van der Waals surface area contributed by atoms with Crippen LogP contribution in [0.25, 0.3) is 0 Å². The van der Waals surface area contributed by atoms with E-state index in [1.807, 2.05) is 25.6 Å². The lowest BCUT2D eigenvalue weighted by molar-refractivity contribution is -0.142. The first kappa shape index (κ1) is 46.7. The molecule has 20 nitrogen and oxygen atoms in total. The number of hydrogen-bond donors (Lipinski definition) is 10. The number of nitrogens with zero attached hydrogens (tertiary/aromatic N) is 1. The van der Waals surface area contributed by atoms with Crippen molar-refractivity contribution in [2.75, 3.05) is 31.9 Å². The number of urea groups is 1. The highest BCUT2D eigenvalue weighted by Crippen LogP contribution is 2.33. The number of carbonyl (C=O) groups excluding carboxylic acids is 9. The molecule has 7 atom stereocenters. The van der Waals surface area contributed by atoms with E-state index in [1.165, 1.54) is 17.3 Å². The SMILES string of the molecule is CC(C)CC(CC(=O)NO)C(=O)N[C@@H](C)C(=O)N1CCC[C@H]1C(=O)NCC(=O)NCC(=O)N[C@@H](CCCCNC(=O)CCCC[C@@H]1SC[C@@H]2NC(=O)N[C@@H]21)C(N)=O. The van der Waals surface area contributed by atoms with Crippen LogP contribution in [0.5, 0.6) is 0 Å². The number of nitrogens with one attached hydrogen (secondary N) is 8. The Morgan fingerprint density at radius 3 is 2.33 bits per heavy atom. The molecule has 0 radical (unpaired) electrons. The maximum atomic E-state index is 13.2. The Bertz CT molecular complexity index is 1470. The predicted molar refractivity (Wildman–Crippen MR) is 208 cm³/mol. The van der Waals surface area contributed by atoms with Crippen molar-refractivity contribution in [1.82, 2.24) is 47.6 Å². The van der Waals surface area contributed by atoms with Gasteiger partial charge in [-0.1, -0.05) is 20.3 Å². The molecule has 10 amide bonds. The van der Waals surface area contributed by atoms with Gasteiger partial charge in [0.1, 0.15) is 18.1 Å². The Kier molecular flexibility index (Phi) is 19.3. The van der Waals surface area contributed by atoms with E-state index in [9.17, 15) is 43.2 Å². The summed E-state index contributed by atoms with van der Waals surface area (Å²) in [6.45, 7) is 4.90. The summed E-state index contributed by atoms with van der Waals surface area (Å²) in [5, 5.41) is 27.9. The van der Waals surface area contributed by atoms with E-state index in [1.54, 1.807) is 0 Å². The van der Waals surface area contributed by atoms with Crippen LogP contribution in [0, 0.1) is 11.8 Å². The molecule has 1 unspecified atom stereocenters. The zero-order valence-corrected chi connectivity index (χ0v) is 33.8. The van der Waals surface area contributed by atoms with Crippen molar-refractivity contribution >= 4 is 65.1 Å². The number of carbonyl (C=O) groups is 9. The van der Waals surface area contributed by atoms with Gasteiger partial charge < -0.3 is 47.9 Å². The lowest BCUT2D eigenvalue weighted by Gasteiger charge is -2.28. The molecule has 0 aromatic heterocycles. The van der Waals surface area contributed by atoms with E-state index < -0.39 is 78.5 Å². The topological polar surface area (TPSA) is 299 Å². The summed E-state index contributed by atoms with van der Waals surface area (Å²) in [6, 6.07) is -2.68. The second kappa shape index (κ2) is 23.5. The summed E-state index contributed by atoms with van der Waals surface area (Å²) < 4.78 is 0. The largest absolute Gasteiger partial charge is 0.368 e. The summed E-state index contributed by atoms with van der Waals surface area (Å²) >= 11 is 1.84. The Hall–Kier alpha value is -4.66. The number of rotatable bonds is 24. The molecule has 3 rings (SSSR count). The van der Waals surface area contributed by atoms with Crippen molar-refractivity contribution in [1.29, 1.82) is 0 Å². The molecule has 0 bridgehead atoms. The van der Waals surface area contributed by atoms with Gasteiger partial charge in [-0.25, -0.2) is 10.3 Å². The Morgan fingerprint density at radius 1 is 0.895 bits per heavy atom. The third kappa shape index (κ3) is 15.7. The van der Waals surface area contributed by atoms with Gasteiger partial charge in [0.05, 0.1) is 25.2 Å². The summed E-state index contributed by atoms with van der Waals surface area (Å²) in [6.07, 6.45) is 5.13. The molecule has 0 aromatic carbocycles. The molecule has 3 aliphatic heterocycles. The average molecular weight is 825 g/mol. The number of hydrogen-bond acceptors (Lipinski definition) is 11. The van der Waals surface area contributed by atoms with Crippen LogP contribution >= 0.6 is 11.8 Å². The van der Waals surface area contributed by atoms with Crippen molar-refractivity contribution in [3.8, 4) is 0 Å². The minimum absolute atomic E-state index is 0.0623. The van der Waals surface area contributed by atoms with Gasteiger partial charge in [0, 0.05) is 42.9 Å². The number of nitrogens with two attached hydrogens (primary N) is 1. The average Bonchev–Trinajstić information content (AvgIpc) is 3.89. The summed E-state index contributed by atoms with van der Waals surface area (Å²) in [4.78, 5) is 113. The van der Waals surface area contributed by atoms with E-state index in [4.69, 9.17) is 10.9 Å². The van der Waals surface area contributed by atoms with Crippen molar-refractivity contribution in [3.05, 3.63) is 0 Å². The third-order valence-electron chi connectivity index (χ3n) is 10.1. The Labute approximate surface area is 336 Å². The Morgan fingerprint density at radius 2 is 1.63 bits per heavy atom. The van der Waals surface area contributed by atoms with Crippen molar-refractivity contribution in [2.24, 2.45) is 17.6 Å². The fourth-order valence-corrected chi connectivity index (χ4v) is 8.73. The van der Waals surface area contributed by atoms with Gasteiger partial charge in [0.25, 0.3) is 0 Å². The molecule has 3 saturated heterocycles. The number of unbranched alkanes of at least 4 members (excludes halogenated alkanes) is 2. The van der Waals surface area contributed by atoms with Gasteiger partial charge in [0.2, 0.25) is 47.3 Å². The van der Waals surface area contributed by atoms with Crippen molar-refractivity contribution in [2.45, 2.75) is 127 Å². The van der Waals surface area contributed by atoms with E-state index in [0.717, 1.165) is 25.0 Å². The molecule has 3 fully saturated rings. The molecule has 0 saturated carbocycles. The lowest BCUT2D eigenvalue weighted by atomic mass is 9.92. The van der Waals surface area contributed by atoms with Gasteiger partial charge in [0.15, 0.2) is 0 Å². The van der Waals surface area contributed by atoms with Crippen LogP contribution in [-0.4, -0.2) is 131 Å². The first-order valence-corrected chi connectivity index (χ1v) is 20.8. The third-order valence-corrected chi connectivity index (χ3v) is 11.6. The molecule has 11 N–H and O–H groups in total. The number of likely N-dealkylation sites (tertiary alicyclic amines) is 1. The first-order chi connectivity index (χ1) is 27.1. The van der Waals surface area contributed by atoms with Gasteiger partial charge in [-0.15, -0.1) is 0 Å². The van der Waals surface area contributed by atoms with E-state index in [2.05, 4.69) is 37.2 Å². The van der Waals surface area contributed by atoms with Crippen LogP contribution in [0.2, 0.25) is 0 Å². The Balaban J connectivity index is 1.29. The van der Waals surface area contributed by atoms with Crippen LogP contribution in [0.4, 0.5) is 4.79 Å². The van der Waals surface area contributed by atoms with E-state index in [-0.39, 0.29) is 49.3 Å². The number of thioether (sulfide) groups is 1. The number of hydroxylamine groups is 1. The second-order valence-electron chi connectivity index (χ2n) is 15.2. The summed E-state index contributed by atoms with van der Waals surface area (Å²) in [5.41, 5.74) is 6.98. The second-order valence-corrected chi connectivity index (χ2v) is 16.5. The summed E-state index contributed by atoms with van der Waals surface area (Å²) in [5.74, 6) is -4.35. The maximum absolute atomic E-state index is 13.2. The van der Waals surface area contributed by atoms with Gasteiger partial charge in [-0.05, 0) is 64.2 Å². The molecule has 0 aliphatic carbocycles. The monoisotopic (exact) mass is 824 g/mol. The molecule has 0 spiro atoms. The van der Waals surface area contributed by atoms with Crippen LogP contribution in [-0.2, 0) is 38.4 Å².